The summed E-state index contributed by atoms with van der Waals surface area (Å²) in [5.41, 5.74) is 0. The molecule has 1 unspecified atom stereocenters. The van der Waals surface area contributed by atoms with Crippen LogP contribution in [0.3, 0.4) is 0 Å². The second-order valence-electron chi connectivity index (χ2n) is 2.81. The summed E-state index contributed by atoms with van der Waals surface area (Å²) in [6.45, 7) is -0.328. The van der Waals surface area contributed by atoms with Crippen LogP contribution < -0.4 is 5.32 Å². The number of aliphatic hydroxyl groups is 1. The number of aliphatic hydroxyl groups excluding tert-OH is 1. The van der Waals surface area contributed by atoms with Crippen LogP contribution in [0.15, 0.2) is 0 Å². The molecule has 0 saturated carbocycles. The first-order chi connectivity index (χ1) is 5.53. The first-order valence-electron chi connectivity index (χ1n) is 3.64. The van der Waals surface area contributed by atoms with Gasteiger partial charge in [-0.15, -0.1) is 0 Å². The Labute approximate surface area is 70.7 Å². The van der Waals surface area contributed by atoms with Crippen molar-refractivity contribution in [2.75, 3.05) is 18.1 Å². The minimum atomic E-state index is -3.16. The van der Waals surface area contributed by atoms with Gasteiger partial charge >= 0.3 is 0 Å². The van der Waals surface area contributed by atoms with Crippen LogP contribution in [0.2, 0.25) is 0 Å². The summed E-state index contributed by atoms with van der Waals surface area (Å²) in [5, 5.41) is 11.1. The van der Waals surface area contributed by atoms with E-state index in [1.54, 1.807) is 0 Å². The zero-order valence-corrected chi connectivity index (χ0v) is 7.30. The van der Waals surface area contributed by atoms with Crippen molar-refractivity contribution in [3.63, 3.8) is 0 Å². The van der Waals surface area contributed by atoms with Crippen molar-refractivity contribution in [3.05, 3.63) is 0 Å². The van der Waals surface area contributed by atoms with Gasteiger partial charge in [0.05, 0.1) is 24.2 Å². The van der Waals surface area contributed by atoms with E-state index in [9.17, 15) is 13.2 Å². The van der Waals surface area contributed by atoms with E-state index in [0.717, 1.165) is 0 Å². The second-order valence-corrected chi connectivity index (χ2v) is 5.04. The summed E-state index contributed by atoms with van der Waals surface area (Å²) < 4.78 is 22.2. The summed E-state index contributed by atoms with van der Waals surface area (Å²) in [4.78, 5) is 10.9. The molecule has 0 bridgehead atoms. The Morgan fingerprint density at radius 1 is 1.58 bits per heavy atom. The SMILES string of the molecule is O=C1CCS(=O)(=O)CC(CO)N1. The Hall–Kier alpha value is -0.620. The smallest absolute Gasteiger partial charge is 0.221 e. The molecule has 0 aromatic carbocycles. The van der Waals surface area contributed by atoms with E-state index in [1.807, 2.05) is 0 Å². The molecule has 0 aromatic heterocycles. The normalized spacial score (nSPS) is 29.1. The third-order valence-corrected chi connectivity index (χ3v) is 3.42. The molecule has 5 nitrogen and oxygen atoms in total. The van der Waals surface area contributed by atoms with E-state index in [1.165, 1.54) is 0 Å². The summed E-state index contributed by atoms with van der Waals surface area (Å²) in [6, 6.07) is -0.634. The third-order valence-electron chi connectivity index (χ3n) is 1.68. The molecule has 70 valence electrons. The van der Waals surface area contributed by atoms with Gasteiger partial charge in [-0.1, -0.05) is 0 Å². The number of hydrogen-bond acceptors (Lipinski definition) is 4. The van der Waals surface area contributed by atoms with E-state index in [-0.39, 0.29) is 30.4 Å². The molecular weight excluding hydrogens is 182 g/mol. The van der Waals surface area contributed by atoms with Gasteiger partial charge in [-0.3, -0.25) is 4.79 Å². The number of nitrogens with one attached hydrogen (secondary N) is 1. The molecule has 1 amide bonds. The Morgan fingerprint density at radius 3 is 2.83 bits per heavy atom. The first kappa shape index (κ1) is 9.47. The van der Waals surface area contributed by atoms with Gasteiger partial charge in [0.25, 0.3) is 0 Å². The molecule has 0 aromatic rings. The van der Waals surface area contributed by atoms with E-state index < -0.39 is 15.9 Å². The average Bonchev–Trinajstić information content (AvgIpc) is 2.10. The summed E-state index contributed by atoms with van der Waals surface area (Å²) >= 11 is 0. The highest BCUT2D eigenvalue weighted by Crippen LogP contribution is 2.02. The summed E-state index contributed by atoms with van der Waals surface area (Å²) in [6.07, 6.45) is -0.00116. The molecule has 0 radical (unpaired) electrons. The average molecular weight is 193 g/mol. The molecule has 2 N–H and O–H groups in total. The predicted octanol–water partition coefficient (Wildman–Crippen LogP) is -1.72. The van der Waals surface area contributed by atoms with Gasteiger partial charge in [0.1, 0.15) is 0 Å². The quantitative estimate of drug-likeness (QED) is 0.519. The first-order valence-corrected chi connectivity index (χ1v) is 5.46. The molecule has 1 aliphatic rings. The lowest BCUT2D eigenvalue weighted by atomic mass is 10.3. The standard InChI is InChI=1S/C6H11NO4S/c8-3-5-4-12(10,11)2-1-6(9)7-5/h5,8H,1-4H2,(H,7,9). The molecule has 1 rings (SSSR count). The molecule has 1 fully saturated rings. The Bertz CT molecular complexity index is 271. The van der Waals surface area contributed by atoms with Gasteiger partial charge in [0, 0.05) is 6.42 Å². The predicted molar refractivity (Wildman–Crippen MR) is 42.3 cm³/mol. The van der Waals surface area contributed by atoms with Gasteiger partial charge in [-0.2, -0.15) is 0 Å². The van der Waals surface area contributed by atoms with Crippen LogP contribution in [0, 0.1) is 0 Å². The zero-order chi connectivity index (χ0) is 9.19. The fraction of sp³-hybridized carbons (Fsp3) is 0.833. The Balaban J connectivity index is 2.75. The van der Waals surface area contributed by atoms with Gasteiger partial charge in [0.2, 0.25) is 5.91 Å². The van der Waals surface area contributed by atoms with Gasteiger partial charge in [0.15, 0.2) is 9.84 Å². The van der Waals surface area contributed by atoms with Crippen molar-refractivity contribution in [2.45, 2.75) is 12.5 Å². The zero-order valence-electron chi connectivity index (χ0n) is 6.49. The Morgan fingerprint density at radius 2 is 2.25 bits per heavy atom. The second kappa shape index (κ2) is 3.40. The van der Waals surface area contributed by atoms with Gasteiger partial charge < -0.3 is 10.4 Å². The van der Waals surface area contributed by atoms with Crippen molar-refractivity contribution < 1.29 is 18.3 Å². The molecule has 1 atom stereocenters. The van der Waals surface area contributed by atoms with Crippen LogP contribution in [-0.2, 0) is 14.6 Å². The number of hydrogen-bond donors (Lipinski definition) is 2. The van der Waals surface area contributed by atoms with E-state index >= 15 is 0 Å². The van der Waals surface area contributed by atoms with Crippen LogP contribution in [0.1, 0.15) is 6.42 Å². The highest BCUT2D eigenvalue weighted by molar-refractivity contribution is 7.91. The van der Waals surface area contributed by atoms with E-state index in [2.05, 4.69) is 5.32 Å². The van der Waals surface area contributed by atoms with Crippen molar-refractivity contribution in [3.8, 4) is 0 Å². The molecule has 6 heteroatoms. The van der Waals surface area contributed by atoms with Crippen molar-refractivity contribution in [2.24, 2.45) is 0 Å². The van der Waals surface area contributed by atoms with Crippen LogP contribution in [0.5, 0.6) is 0 Å². The van der Waals surface area contributed by atoms with Crippen molar-refractivity contribution in [1.29, 1.82) is 0 Å². The van der Waals surface area contributed by atoms with Crippen molar-refractivity contribution >= 4 is 15.7 Å². The molecule has 0 aliphatic carbocycles. The van der Waals surface area contributed by atoms with Gasteiger partial charge in [-0.25, -0.2) is 8.42 Å². The van der Waals surface area contributed by atoms with Crippen LogP contribution in [0.25, 0.3) is 0 Å². The molecule has 12 heavy (non-hydrogen) atoms. The van der Waals surface area contributed by atoms with Crippen molar-refractivity contribution in [1.82, 2.24) is 5.32 Å². The number of rotatable bonds is 1. The third kappa shape index (κ3) is 2.46. The summed E-state index contributed by atoms with van der Waals surface area (Å²) in [5.74, 6) is -0.583. The lowest BCUT2D eigenvalue weighted by Gasteiger charge is -2.10. The molecule has 1 aliphatic heterocycles. The largest absolute Gasteiger partial charge is 0.394 e. The van der Waals surface area contributed by atoms with Crippen LogP contribution in [0.4, 0.5) is 0 Å². The van der Waals surface area contributed by atoms with Gasteiger partial charge in [-0.05, 0) is 0 Å². The summed E-state index contributed by atoms with van der Waals surface area (Å²) in [7, 11) is -3.16. The monoisotopic (exact) mass is 193 g/mol. The fourth-order valence-electron chi connectivity index (χ4n) is 1.08. The number of carbonyl (C=O) groups excluding carboxylic acids is 1. The topological polar surface area (TPSA) is 83.5 Å². The lowest BCUT2D eigenvalue weighted by Crippen LogP contribution is -2.39. The molecule has 1 heterocycles. The van der Waals surface area contributed by atoms with Crippen LogP contribution in [-0.4, -0.2) is 43.6 Å². The Kier molecular flexibility index (Phi) is 2.69. The number of sulfone groups is 1. The number of amides is 1. The van der Waals surface area contributed by atoms with E-state index in [4.69, 9.17) is 5.11 Å². The minimum Gasteiger partial charge on any atom is -0.394 e. The maximum Gasteiger partial charge on any atom is 0.221 e. The van der Waals surface area contributed by atoms with Crippen LogP contribution >= 0.6 is 0 Å². The highest BCUT2D eigenvalue weighted by atomic mass is 32.2. The highest BCUT2D eigenvalue weighted by Gasteiger charge is 2.25. The maximum absolute atomic E-state index is 11.1. The minimum absolute atomic E-state index is 0.00116. The molecule has 0 spiro atoms. The molecule has 1 saturated heterocycles. The maximum atomic E-state index is 11.1. The number of carbonyl (C=O) groups is 1. The van der Waals surface area contributed by atoms with E-state index in [0.29, 0.717) is 0 Å². The molecular formula is C6H11NO4S. The lowest BCUT2D eigenvalue weighted by molar-refractivity contribution is -0.121. The fourth-order valence-corrected chi connectivity index (χ4v) is 2.54.